The Bertz CT molecular complexity index is 668. The summed E-state index contributed by atoms with van der Waals surface area (Å²) in [5.74, 6) is 0. The van der Waals surface area contributed by atoms with Crippen LogP contribution in [0.3, 0.4) is 0 Å². The minimum atomic E-state index is -3.60. The zero-order valence-corrected chi connectivity index (χ0v) is 12.9. The number of H-pyrrole nitrogens is 1. The molecular weight excluding hydrogens is 290 g/mol. The third kappa shape index (κ3) is 3.69. The van der Waals surface area contributed by atoms with Crippen molar-refractivity contribution in [2.75, 3.05) is 20.3 Å². The zero-order chi connectivity index (χ0) is 15.3. The van der Waals surface area contributed by atoms with Crippen molar-refractivity contribution in [3.63, 3.8) is 0 Å². The van der Waals surface area contributed by atoms with E-state index in [0.29, 0.717) is 25.4 Å². The standard InChI is InChI=1S/C14H19N3O3S/c1-12-14(10-15-16-12)21(18,19)17(8-9-20-2)11-13-6-4-3-5-7-13/h3-7,10H,8-9,11H2,1-2H3,(H,15,16). The Labute approximate surface area is 124 Å². The van der Waals surface area contributed by atoms with Crippen LogP contribution in [0.25, 0.3) is 0 Å². The van der Waals surface area contributed by atoms with E-state index < -0.39 is 10.0 Å². The van der Waals surface area contributed by atoms with E-state index >= 15 is 0 Å². The van der Waals surface area contributed by atoms with Gasteiger partial charge < -0.3 is 4.74 Å². The van der Waals surface area contributed by atoms with E-state index in [4.69, 9.17) is 4.74 Å². The summed E-state index contributed by atoms with van der Waals surface area (Å²) in [6.07, 6.45) is 1.34. The monoisotopic (exact) mass is 309 g/mol. The van der Waals surface area contributed by atoms with Gasteiger partial charge in [-0.3, -0.25) is 5.10 Å². The Balaban J connectivity index is 2.29. The molecule has 1 N–H and O–H groups in total. The molecule has 1 aromatic carbocycles. The van der Waals surface area contributed by atoms with Crippen molar-refractivity contribution in [2.45, 2.75) is 18.4 Å². The minimum Gasteiger partial charge on any atom is -0.383 e. The van der Waals surface area contributed by atoms with Gasteiger partial charge in [0, 0.05) is 20.2 Å². The average molecular weight is 309 g/mol. The lowest BCUT2D eigenvalue weighted by Gasteiger charge is -2.21. The van der Waals surface area contributed by atoms with Gasteiger partial charge in [0.25, 0.3) is 0 Å². The number of rotatable bonds is 7. The van der Waals surface area contributed by atoms with Gasteiger partial charge in [0.2, 0.25) is 10.0 Å². The molecule has 0 atom stereocenters. The van der Waals surface area contributed by atoms with Crippen molar-refractivity contribution in [3.8, 4) is 0 Å². The van der Waals surface area contributed by atoms with Gasteiger partial charge in [-0.1, -0.05) is 30.3 Å². The molecule has 0 saturated carbocycles. The molecule has 0 saturated heterocycles. The minimum absolute atomic E-state index is 0.203. The number of nitrogens with one attached hydrogen (secondary N) is 1. The predicted molar refractivity (Wildman–Crippen MR) is 79.2 cm³/mol. The van der Waals surface area contributed by atoms with E-state index in [1.165, 1.54) is 10.5 Å². The highest BCUT2D eigenvalue weighted by Crippen LogP contribution is 2.19. The molecule has 0 radical (unpaired) electrons. The summed E-state index contributed by atoms with van der Waals surface area (Å²) >= 11 is 0. The Morgan fingerprint density at radius 1 is 1.29 bits per heavy atom. The summed E-state index contributed by atoms with van der Waals surface area (Å²) in [7, 11) is -2.05. The van der Waals surface area contributed by atoms with Crippen molar-refractivity contribution in [3.05, 3.63) is 47.8 Å². The molecule has 0 aliphatic heterocycles. The van der Waals surface area contributed by atoms with Crippen LogP contribution in [0.2, 0.25) is 0 Å². The van der Waals surface area contributed by atoms with E-state index in [9.17, 15) is 8.42 Å². The van der Waals surface area contributed by atoms with Crippen LogP contribution >= 0.6 is 0 Å². The lowest BCUT2D eigenvalue weighted by Crippen LogP contribution is -2.33. The molecule has 6 nitrogen and oxygen atoms in total. The SMILES string of the molecule is COCCN(Cc1ccccc1)S(=O)(=O)c1cn[nH]c1C. The highest BCUT2D eigenvalue weighted by molar-refractivity contribution is 7.89. The molecule has 2 aromatic rings. The third-order valence-electron chi connectivity index (χ3n) is 3.15. The molecule has 0 fully saturated rings. The first kappa shape index (κ1) is 15.7. The molecule has 21 heavy (non-hydrogen) atoms. The molecule has 2 rings (SSSR count). The first-order chi connectivity index (χ1) is 10.1. The fourth-order valence-electron chi connectivity index (χ4n) is 2.00. The highest BCUT2D eigenvalue weighted by atomic mass is 32.2. The highest BCUT2D eigenvalue weighted by Gasteiger charge is 2.27. The maximum atomic E-state index is 12.7. The molecule has 7 heteroatoms. The summed E-state index contributed by atoms with van der Waals surface area (Å²) in [5.41, 5.74) is 1.46. The molecule has 0 unspecified atom stereocenters. The molecule has 1 heterocycles. The molecule has 0 aliphatic rings. The van der Waals surface area contributed by atoms with E-state index in [1.54, 1.807) is 14.0 Å². The van der Waals surface area contributed by atoms with Gasteiger partial charge in [-0.2, -0.15) is 9.40 Å². The number of benzene rings is 1. The Morgan fingerprint density at radius 2 is 2.00 bits per heavy atom. The maximum absolute atomic E-state index is 12.7. The number of methoxy groups -OCH3 is 1. The molecule has 0 aliphatic carbocycles. The Kier molecular flexibility index (Phi) is 5.11. The third-order valence-corrected chi connectivity index (χ3v) is 5.11. The second kappa shape index (κ2) is 6.84. The lowest BCUT2D eigenvalue weighted by molar-refractivity contribution is 0.177. The fraction of sp³-hybridized carbons (Fsp3) is 0.357. The quantitative estimate of drug-likeness (QED) is 0.842. The Morgan fingerprint density at radius 3 is 2.57 bits per heavy atom. The number of hydrogen-bond donors (Lipinski definition) is 1. The van der Waals surface area contributed by atoms with E-state index in [0.717, 1.165) is 5.56 Å². The fourth-order valence-corrected chi connectivity index (χ4v) is 3.53. The van der Waals surface area contributed by atoms with Crippen LogP contribution in [0, 0.1) is 6.92 Å². The van der Waals surface area contributed by atoms with Crippen molar-refractivity contribution < 1.29 is 13.2 Å². The average Bonchev–Trinajstić information content (AvgIpc) is 2.91. The van der Waals surface area contributed by atoms with Crippen molar-refractivity contribution in [2.24, 2.45) is 0 Å². The normalized spacial score (nSPS) is 12.0. The van der Waals surface area contributed by atoms with Gasteiger partial charge >= 0.3 is 0 Å². The summed E-state index contributed by atoms with van der Waals surface area (Å²) in [6, 6.07) is 9.48. The van der Waals surface area contributed by atoms with Crippen molar-refractivity contribution in [1.29, 1.82) is 0 Å². The number of ether oxygens (including phenoxy) is 1. The number of aromatic nitrogens is 2. The summed E-state index contributed by atoms with van der Waals surface area (Å²) in [6.45, 7) is 2.62. The van der Waals surface area contributed by atoms with Crippen LogP contribution in [0.5, 0.6) is 0 Å². The first-order valence-electron chi connectivity index (χ1n) is 6.58. The number of hydrogen-bond acceptors (Lipinski definition) is 4. The maximum Gasteiger partial charge on any atom is 0.246 e. The van der Waals surface area contributed by atoms with Gasteiger partial charge in [0.1, 0.15) is 4.90 Å². The molecule has 114 valence electrons. The van der Waals surface area contributed by atoms with Crippen LogP contribution in [0.1, 0.15) is 11.3 Å². The van der Waals surface area contributed by atoms with Crippen molar-refractivity contribution >= 4 is 10.0 Å². The number of sulfonamides is 1. The number of aromatic amines is 1. The van der Waals surface area contributed by atoms with E-state index in [2.05, 4.69) is 10.2 Å². The molecule has 0 bridgehead atoms. The van der Waals surface area contributed by atoms with Gasteiger partial charge in [0.15, 0.2) is 0 Å². The largest absolute Gasteiger partial charge is 0.383 e. The van der Waals surface area contributed by atoms with Crippen LogP contribution in [-0.4, -0.2) is 43.2 Å². The molecule has 0 amide bonds. The molecular formula is C14H19N3O3S. The van der Waals surface area contributed by atoms with Crippen LogP contribution in [-0.2, 0) is 21.3 Å². The van der Waals surface area contributed by atoms with Crippen LogP contribution in [0.15, 0.2) is 41.4 Å². The van der Waals surface area contributed by atoms with Crippen molar-refractivity contribution in [1.82, 2.24) is 14.5 Å². The van der Waals surface area contributed by atoms with E-state index in [-0.39, 0.29) is 4.90 Å². The second-order valence-corrected chi connectivity index (χ2v) is 6.58. The lowest BCUT2D eigenvalue weighted by atomic mass is 10.2. The second-order valence-electron chi connectivity index (χ2n) is 4.68. The zero-order valence-electron chi connectivity index (χ0n) is 12.1. The topological polar surface area (TPSA) is 75.3 Å². The van der Waals surface area contributed by atoms with Gasteiger partial charge in [-0.15, -0.1) is 0 Å². The number of aryl methyl sites for hydroxylation is 1. The first-order valence-corrected chi connectivity index (χ1v) is 8.02. The Hall–Kier alpha value is -1.70. The van der Waals surface area contributed by atoms with Crippen LogP contribution < -0.4 is 0 Å². The number of nitrogens with zero attached hydrogens (tertiary/aromatic N) is 2. The van der Waals surface area contributed by atoms with E-state index in [1.807, 2.05) is 30.3 Å². The summed E-state index contributed by atoms with van der Waals surface area (Å²) in [4.78, 5) is 0.203. The predicted octanol–water partition coefficient (Wildman–Crippen LogP) is 1.56. The molecule has 1 aromatic heterocycles. The smallest absolute Gasteiger partial charge is 0.246 e. The molecule has 0 spiro atoms. The summed E-state index contributed by atoms with van der Waals surface area (Å²) < 4.78 is 31.9. The summed E-state index contributed by atoms with van der Waals surface area (Å²) in [5, 5.41) is 6.46. The van der Waals surface area contributed by atoms with Crippen LogP contribution in [0.4, 0.5) is 0 Å². The van der Waals surface area contributed by atoms with Gasteiger partial charge in [0.05, 0.1) is 18.5 Å². The van der Waals surface area contributed by atoms with Gasteiger partial charge in [-0.25, -0.2) is 8.42 Å². The van der Waals surface area contributed by atoms with Gasteiger partial charge in [-0.05, 0) is 12.5 Å².